The highest BCUT2D eigenvalue weighted by Gasteiger charge is 2.24. The molecule has 1 aliphatic rings. The lowest BCUT2D eigenvalue weighted by Crippen LogP contribution is -2.46. The number of hydrogen-bond donors (Lipinski definition) is 1. The molecule has 0 aromatic carbocycles. The minimum absolute atomic E-state index is 0.488. The number of nitrogens with zero attached hydrogens (tertiary/aromatic N) is 2. The molecule has 2 atom stereocenters. The fourth-order valence-electron chi connectivity index (χ4n) is 3.53. The lowest BCUT2D eigenvalue weighted by molar-refractivity contribution is 0.149. The van der Waals surface area contributed by atoms with Crippen molar-refractivity contribution >= 4 is 11.3 Å². The quantitative estimate of drug-likeness (QED) is 0.871. The van der Waals surface area contributed by atoms with E-state index in [-0.39, 0.29) is 0 Å². The minimum atomic E-state index is 0.488. The van der Waals surface area contributed by atoms with Gasteiger partial charge in [0, 0.05) is 43.6 Å². The third-order valence-corrected chi connectivity index (χ3v) is 5.64. The van der Waals surface area contributed by atoms with Gasteiger partial charge in [0.15, 0.2) is 0 Å². The summed E-state index contributed by atoms with van der Waals surface area (Å²) in [5, 5.41) is 8.25. The molecule has 4 heteroatoms. The number of pyridine rings is 1. The van der Waals surface area contributed by atoms with Crippen LogP contribution >= 0.6 is 11.3 Å². The van der Waals surface area contributed by atoms with Crippen LogP contribution in [0.1, 0.15) is 43.9 Å². The average Bonchev–Trinajstić information content (AvgIpc) is 3.08. The van der Waals surface area contributed by atoms with Gasteiger partial charge in [-0.2, -0.15) is 11.3 Å². The van der Waals surface area contributed by atoms with Gasteiger partial charge in [-0.3, -0.25) is 9.88 Å². The molecular formula is C19H27N3S. The van der Waals surface area contributed by atoms with E-state index in [1.165, 1.54) is 37.1 Å². The highest BCUT2D eigenvalue weighted by atomic mass is 32.1. The van der Waals surface area contributed by atoms with Gasteiger partial charge in [0.1, 0.15) is 0 Å². The Balaban J connectivity index is 1.45. The second-order valence-corrected chi connectivity index (χ2v) is 7.45. The van der Waals surface area contributed by atoms with E-state index in [0.717, 1.165) is 6.42 Å². The molecule has 0 saturated carbocycles. The Bertz CT molecular complexity index is 562. The predicted octanol–water partition coefficient (Wildman–Crippen LogP) is 3.89. The first kappa shape index (κ1) is 16.6. The van der Waals surface area contributed by atoms with Crippen LogP contribution in [0.3, 0.4) is 0 Å². The number of hydrogen-bond acceptors (Lipinski definition) is 4. The summed E-state index contributed by atoms with van der Waals surface area (Å²) in [7, 11) is 0. The van der Waals surface area contributed by atoms with Gasteiger partial charge in [-0.15, -0.1) is 0 Å². The van der Waals surface area contributed by atoms with Crippen LogP contribution in [-0.4, -0.2) is 35.1 Å². The molecule has 1 aliphatic heterocycles. The van der Waals surface area contributed by atoms with Crippen molar-refractivity contribution in [3.05, 3.63) is 52.5 Å². The van der Waals surface area contributed by atoms with Gasteiger partial charge in [0.2, 0.25) is 0 Å². The fraction of sp³-hybridized carbons (Fsp3) is 0.526. The maximum Gasteiger partial charge on any atom is 0.0321 e. The molecule has 3 rings (SSSR count). The van der Waals surface area contributed by atoms with Gasteiger partial charge in [0.05, 0.1) is 0 Å². The smallest absolute Gasteiger partial charge is 0.0321 e. The average molecular weight is 330 g/mol. The molecule has 2 aromatic heterocycles. The van der Waals surface area contributed by atoms with Crippen LogP contribution in [0.5, 0.6) is 0 Å². The Labute approximate surface area is 143 Å². The second-order valence-electron chi connectivity index (χ2n) is 6.67. The van der Waals surface area contributed by atoms with Gasteiger partial charge < -0.3 is 5.32 Å². The Morgan fingerprint density at radius 2 is 1.96 bits per heavy atom. The summed E-state index contributed by atoms with van der Waals surface area (Å²) >= 11 is 1.79. The number of piperidine rings is 1. The first-order valence-corrected chi connectivity index (χ1v) is 9.57. The van der Waals surface area contributed by atoms with E-state index in [0.29, 0.717) is 18.1 Å². The van der Waals surface area contributed by atoms with Crippen molar-refractivity contribution in [1.29, 1.82) is 0 Å². The molecule has 3 nitrogen and oxygen atoms in total. The minimum Gasteiger partial charge on any atom is -0.311 e. The van der Waals surface area contributed by atoms with Crippen LogP contribution in [0.4, 0.5) is 0 Å². The summed E-state index contributed by atoms with van der Waals surface area (Å²) < 4.78 is 0. The normalized spacial score (nSPS) is 19.6. The van der Waals surface area contributed by atoms with Crippen molar-refractivity contribution in [3.8, 4) is 0 Å². The standard InChI is InChI=1S/C19H27N3S/c1-15(13-17-7-12-23-14-17)21-19-5-10-22(11-6-19)16(2)18-3-8-20-9-4-18/h3-4,7-9,12,14-16,19,21H,5-6,10-11,13H2,1-2H3. The summed E-state index contributed by atoms with van der Waals surface area (Å²) in [6.07, 6.45) is 7.41. The summed E-state index contributed by atoms with van der Waals surface area (Å²) in [5.74, 6) is 0. The number of aromatic nitrogens is 1. The maximum absolute atomic E-state index is 4.12. The first-order valence-electron chi connectivity index (χ1n) is 8.63. The summed E-state index contributed by atoms with van der Waals surface area (Å²) in [6, 6.07) is 8.21. The Morgan fingerprint density at radius 3 is 2.61 bits per heavy atom. The van der Waals surface area contributed by atoms with Crippen molar-refractivity contribution in [1.82, 2.24) is 15.2 Å². The lowest BCUT2D eigenvalue weighted by Gasteiger charge is -2.37. The number of likely N-dealkylation sites (tertiary alicyclic amines) is 1. The largest absolute Gasteiger partial charge is 0.311 e. The van der Waals surface area contributed by atoms with Gasteiger partial charge in [-0.25, -0.2) is 0 Å². The molecule has 0 amide bonds. The van der Waals surface area contributed by atoms with E-state index in [4.69, 9.17) is 0 Å². The molecule has 1 saturated heterocycles. The molecule has 124 valence electrons. The molecule has 2 aromatic rings. The van der Waals surface area contributed by atoms with Crippen molar-refractivity contribution in [2.75, 3.05) is 13.1 Å². The molecule has 0 spiro atoms. The van der Waals surface area contributed by atoms with E-state index >= 15 is 0 Å². The summed E-state index contributed by atoms with van der Waals surface area (Å²) in [5.41, 5.74) is 2.83. The van der Waals surface area contributed by atoms with Gasteiger partial charge in [-0.05, 0) is 73.2 Å². The van der Waals surface area contributed by atoms with E-state index in [2.05, 4.69) is 58.0 Å². The van der Waals surface area contributed by atoms with Crippen molar-refractivity contribution in [3.63, 3.8) is 0 Å². The van der Waals surface area contributed by atoms with Gasteiger partial charge >= 0.3 is 0 Å². The van der Waals surface area contributed by atoms with Crippen LogP contribution in [-0.2, 0) is 6.42 Å². The molecule has 3 heterocycles. The monoisotopic (exact) mass is 329 g/mol. The Morgan fingerprint density at radius 1 is 1.22 bits per heavy atom. The van der Waals surface area contributed by atoms with Crippen LogP contribution in [0.2, 0.25) is 0 Å². The highest BCUT2D eigenvalue weighted by molar-refractivity contribution is 7.07. The summed E-state index contributed by atoms with van der Waals surface area (Å²) in [4.78, 5) is 6.71. The van der Waals surface area contributed by atoms with Gasteiger partial charge in [-0.1, -0.05) is 0 Å². The molecule has 2 unspecified atom stereocenters. The van der Waals surface area contributed by atoms with Crippen molar-refractivity contribution in [2.45, 2.75) is 51.2 Å². The van der Waals surface area contributed by atoms with Crippen molar-refractivity contribution in [2.24, 2.45) is 0 Å². The molecule has 1 fully saturated rings. The van der Waals surface area contributed by atoms with E-state index in [1.54, 1.807) is 11.3 Å². The number of rotatable bonds is 6. The topological polar surface area (TPSA) is 28.2 Å². The zero-order valence-electron chi connectivity index (χ0n) is 14.1. The third-order valence-electron chi connectivity index (χ3n) is 4.91. The maximum atomic E-state index is 4.12. The Kier molecular flexibility index (Phi) is 5.81. The predicted molar refractivity (Wildman–Crippen MR) is 97.9 cm³/mol. The molecule has 0 aliphatic carbocycles. The molecular weight excluding hydrogens is 302 g/mol. The van der Waals surface area contributed by atoms with Gasteiger partial charge in [0.25, 0.3) is 0 Å². The molecule has 23 heavy (non-hydrogen) atoms. The first-order chi connectivity index (χ1) is 11.2. The summed E-state index contributed by atoms with van der Waals surface area (Å²) in [6.45, 7) is 6.96. The van der Waals surface area contributed by atoms with E-state index in [1.807, 2.05) is 12.4 Å². The van der Waals surface area contributed by atoms with E-state index in [9.17, 15) is 0 Å². The number of thiophene rings is 1. The Hall–Kier alpha value is -1.23. The highest BCUT2D eigenvalue weighted by Crippen LogP contribution is 2.24. The van der Waals surface area contributed by atoms with E-state index < -0.39 is 0 Å². The third kappa shape index (κ3) is 4.63. The molecule has 0 radical (unpaired) electrons. The fourth-order valence-corrected chi connectivity index (χ4v) is 4.21. The number of nitrogens with one attached hydrogen (secondary N) is 1. The molecule has 1 N–H and O–H groups in total. The molecule has 0 bridgehead atoms. The lowest BCUT2D eigenvalue weighted by atomic mass is 9.99. The van der Waals surface area contributed by atoms with Crippen LogP contribution in [0.15, 0.2) is 41.4 Å². The zero-order chi connectivity index (χ0) is 16.1. The van der Waals surface area contributed by atoms with Crippen molar-refractivity contribution < 1.29 is 0 Å². The second kappa shape index (κ2) is 8.04. The van der Waals surface area contributed by atoms with Crippen LogP contribution in [0.25, 0.3) is 0 Å². The van der Waals surface area contributed by atoms with Crippen LogP contribution in [0, 0.1) is 0 Å². The SMILES string of the molecule is CC(Cc1ccsc1)NC1CCN(C(C)c2ccncc2)CC1. The zero-order valence-corrected chi connectivity index (χ0v) is 14.9. The van der Waals surface area contributed by atoms with Crippen LogP contribution < -0.4 is 5.32 Å².